The number of fused-ring (bicyclic) bond motifs is 1. The maximum atomic E-state index is 12.9. The minimum absolute atomic E-state index is 0.0219. The van der Waals surface area contributed by atoms with Gasteiger partial charge in [0.05, 0.1) is 5.56 Å². The molecular weight excluding hydrogens is 396 g/mol. The second kappa shape index (κ2) is 8.66. The summed E-state index contributed by atoms with van der Waals surface area (Å²) in [5.41, 5.74) is 0.477. The maximum Gasteiger partial charge on any atom is 0.509 e. The van der Waals surface area contributed by atoms with Crippen molar-refractivity contribution in [1.82, 2.24) is 19.5 Å². The van der Waals surface area contributed by atoms with Crippen LogP contribution in [0.3, 0.4) is 0 Å². The molecule has 11 nitrogen and oxygen atoms in total. The van der Waals surface area contributed by atoms with E-state index in [1.807, 2.05) is 13.8 Å². The number of likely N-dealkylation sites (tertiary alicyclic amines) is 1. The largest absolute Gasteiger partial charge is 0.509 e. The molecule has 162 valence electrons. The molecule has 30 heavy (non-hydrogen) atoms. The Balaban J connectivity index is 0.000000806. The molecule has 1 spiro atoms. The first-order chi connectivity index (χ1) is 14.3. The Morgan fingerprint density at radius 3 is 2.50 bits per heavy atom. The maximum absolute atomic E-state index is 12.9. The molecule has 2 aliphatic rings. The summed E-state index contributed by atoms with van der Waals surface area (Å²) in [6.07, 6.45) is 1.37. The quantitative estimate of drug-likeness (QED) is 0.554. The van der Waals surface area contributed by atoms with Gasteiger partial charge in [-0.3, -0.25) is 14.0 Å². The van der Waals surface area contributed by atoms with Crippen LogP contribution in [0.4, 0.5) is 4.79 Å². The SMILES string of the molecule is CC(C)C(O)c1nnc2ccc(C(=O)N3CCC4(CC3)COC(=O)O4)cn12.O=CO. The molecule has 0 radical (unpaired) electrons. The van der Waals surface area contributed by atoms with E-state index in [0.717, 1.165) is 0 Å². The summed E-state index contributed by atoms with van der Waals surface area (Å²) < 4.78 is 11.9. The van der Waals surface area contributed by atoms with Gasteiger partial charge in [-0.25, -0.2) is 4.79 Å². The number of carboxylic acid groups (broad SMARTS) is 1. The number of ether oxygens (including phenoxy) is 2. The average Bonchev–Trinajstić information content (AvgIpc) is 3.31. The van der Waals surface area contributed by atoms with Crippen LogP contribution in [0.2, 0.25) is 0 Å². The molecule has 11 heteroatoms. The Morgan fingerprint density at radius 2 is 1.93 bits per heavy atom. The first-order valence-electron chi connectivity index (χ1n) is 9.56. The van der Waals surface area contributed by atoms with Crippen LogP contribution in [-0.4, -0.2) is 73.5 Å². The molecule has 2 fully saturated rings. The molecule has 2 N–H and O–H groups in total. The number of aliphatic hydroxyl groups excluding tert-OH is 1. The van der Waals surface area contributed by atoms with Gasteiger partial charge in [0.15, 0.2) is 17.1 Å². The molecule has 2 aromatic rings. The van der Waals surface area contributed by atoms with Crippen molar-refractivity contribution in [3.63, 3.8) is 0 Å². The van der Waals surface area contributed by atoms with Crippen molar-refractivity contribution < 1.29 is 34.1 Å². The van der Waals surface area contributed by atoms with Gasteiger partial charge < -0.3 is 24.6 Å². The Labute approximate surface area is 172 Å². The first kappa shape index (κ1) is 21.5. The summed E-state index contributed by atoms with van der Waals surface area (Å²) in [5.74, 6) is 0.282. The average molecular weight is 420 g/mol. The molecule has 0 saturated carbocycles. The summed E-state index contributed by atoms with van der Waals surface area (Å²) in [6, 6.07) is 3.43. The number of aromatic nitrogens is 3. The van der Waals surface area contributed by atoms with Crippen LogP contribution in [0.15, 0.2) is 18.3 Å². The fourth-order valence-corrected chi connectivity index (χ4v) is 3.51. The fourth-order valence-electron chi connectivity index (χ4n) is 3.51. The van der Waals surface area contributed by atoms with Crippen LogP contribution < -0.4 is 0 Å². The zero-order chi connectivity index (χ0) is 21.9. The molecule has 0 bridgehead atoms. The van der Waals surface area contributed by atoms with E-state index >= 15 is 0 Å². The molecule has 2 aliphatic heterocycles. The van der Waals surface area contributed by atoms with E-state index in [1.54, 1.807) is 27.6 Å². The lowest BCUT2D eigenvalue weighted by Crippen LogP contribution is -2.48. The number of carbonyl (C=O) groups excluding carboxylic acids is 2. The van der Waals surface area contributed by atoms with Crippen molar-refractivity contribution in [1.29, 1.82) is 0 Å². The van der Waals surface area contributed by atoms with Gasteiger partial charge in [-0.2, -0.15) is 0 Å². The van der Waals surface area contributed by atoms with Crippen molar-refractivity contribution in [2.75, 3.05) is 19.7 Å². The lowest BCUT2D eigenvalue weighted by Gasteiger charge is -2.36. The zero-order valence-electron chi connectivity index (χ0n) is 16.7. The molecular formula is C19H24N4O7. The fraction of sp³-hybridized carbons (Fsp3) is 0.526. The van der Waals surface area contributed by atoms with E-state index in [-0.39, 0.29) is 24.9 Å². The smallest absolute Gasteiger partial charge is 0.483 e. The molecule has 0 aromatic carbocycles. The van der Waals surface area contributed by atoms with Gasteiger partial charge in [-0.1, -0.05) is 13.8 Å². The first-order valence-corrected chi connectivity index (χ1v) is 9.56. The van der Waals surface area contributed by atoms with Gasteiger partial charge in [-0.05, 0) is 18.1 Å². The highest BCUT2D eigenvalue weighted by Gasteiger charge is 2.45. The van der Waals surface area contributed by atoms with Crippen molar-refractivity contribution in [2.24, 2.45) is 5.92 Å². The summed E-state index contributed by atoms with van der Waals surface area (Å²) in [5, 5.41) is 25.3. The summed E-state index contributed by atoms with van der Waals surface area (Å²) in [6.45, 7) is 4.75. The van der Waals surface area contributed by atoms with E-state index in [9.17, 15) is 14.7 Å². The zero-order valence-corrected chi connectivity index (χ0v) is 16.7. The lowest BCUT2D eigenvalue weighted by molar-refractivity contribution is -0.122. The van der Waals surface area contributed by atoms with Crippen molar-refractivity contribution in [3.8, 4) is 0 Å². The number of nitrogens with zero attached hydrogens (tertiary/aromatic N) is 4. The number of carbonyl (C=O) groups is 3. The van der Waals surface area contributed by atoms with E-state index in [1.165, 1.54) is 0 Å². The number of cyclic esters (lactones) is 1. The van der Waals surface area contributed by atoms with E-state index in [4.69, 9.17) is 19.4 Å². The minimum Gasteiger partial charge on any atom is -0.483 e. The number of piperidine rings is 1. The third kappa shape index (κ3) is 4.20. The molecule has 1 amide bonds. The summed E-state index contributed by atoms with van der Waals surface area (Å²) in [7, 11) is 0. The molecule has 2 saturated heterocycles. The summed E-state index contributed by atoms with van der Waals surface area (Å²) in [4.78, 5) is 34.2. The Bertz CT molecular complexity index is 934. The Hall–Kier alpha value is -3.21. The third-order valence-corrected chi connectivity index (χ3v) is 5.29. The van der Waals surface area contributed by atoms with Crippen LogP contribution in [0.1, 0.15) is 49.0 Å². The standard InChI is InChI=1S/C18H22N4O5.CH2O2/c1-11(2)14(23)15-20-19-13-4-3-12(9-22(13)15)16(24)21-7-5-18(6-8-21)10-26-17(25)27-18;2-1-3/h3-4,9,11,14,23H,5-8,10H2,1-2H3;1H,(H,2,3). The second-order valence-electron chi connectivity index (χ2n) is 7.61. The molecule has 4 rings (SSSR count). The predicted octanol–water partition coefficient (Wildman–Crippen LogP) is 1.26. The minimum atomic E-state index is -0.766. The van der Waals surface area contributed by atoms with E-state index < -0.39 is 17.9 Å². The highest BCUT2D eigenvalue weighted by atomic mass is 16.8. The molecule has 1 unspecified atom stereocenters. The van der Waals surface area contributed by atoms with Crippen molar-refractivity contribution in [2.45, 2.75) is 38.4 Å². The third-order valence-electron chi connectivity index (χ3n) is 5.29. The molecule has 2 aromatic heterocycles. The number of rotatable bonds is 3. The summed E-state index contributed by atoms with van der Waals surface area (Å²) >= 11 is 0. The lowest BCUT2D eigenvalue weighted by atomic mass is 9.92. The predicted molar refractivity (Wildman–Crippen MR) is 102 cm³/mol. The van der Waals surface area contributed by atoms with Gasteiger partial charge in [0, 0.05) is 32.1 Å². The molecule has 1 atom stereocenters. The van der Waals surface area contributed by atoms with E-state index in [0.29, 0.717) is 43.0 Å². The number of pyridine rings is 1. The monoisotopic (exact) mass is 420 g/mol. The van der Waals surface area contributed by atoms with Gasteiger partial charge in [0.2, 0.25) is 0 Å². The van der Waals surface area contributed by atoms with Gasteiger partial charge in [0.25, 0.3) is 12.4 Å². The van der Waals surface area contributed by atoms with Crippen molar-refractivity contribution in [3.05, 3.63) is 29.7 Å². The van der Waals surface area contributed by atoms with Crippen LogP contribution in [0.25, 0.3) is 5.65 Å². The highest BCUT2D eigenvalue weighted by Crippen LogP contribution is 2.32. The van der Waals surface area contributed by atoms with Crippen LogP contribution >= 0.6 is 0 Å². The molecule has 0 aliphatic carbocycles. The molecule has 4 heterocycles. The number of amides is 1. The van der Waals surface area contributed by atoms with Crippen LogP contribution in [-0.2, 0) is 14.3 Å². The van der Waals surface area contributed by atoms with Gasteiger partial charge in [-0.15, -0.1) is 10.2 Å². The number of aliphatic hydroxyl groups is 1. The topological polar surface area (TPSA) is 144 Å². The van der Waals surface area contributed by atoms with Gasteiger partial charge in [0.1, 0.15) is 12.7 Å². The number of hydrogen-bond donors (Lipinski definition) is 2. The van der Waals surface area contributed by atoms with E-state index in [2.05, 4.69) is 10.2 Å². The van der Waals surface area contributed by atoms with Crippen LogP contribution in [0, 0.1) is 5.92 Å². The Kier molecular flexibility index (Phi) is 6.20. The van der Waals surface area contributed by atoms with Crippen molar-refractivity contribution >= 4 is 24.2 Å². The normalized spacial score (nSPS) is 18.5. The highest BCUT2D eigenvalue weighted by molar-refractivity contribution is 5.94. The Morgan fingerprint density at radius 1 is 1.27 bits per heavy atom. The number of hydrogen-bond acceptors (Lipinski definition) is 8. The van der Waals surface area contributed by atoms with Gasteiger partial charge >= 0.3 is 6.16 Å². The van der Waals surface area contributed by atoms with Crippen LogP contribution in [0.5, 0.6) is 0 Å². The second-order valence-corrected chi connectivity index (χ2v) is 7.61.